The minimum Gasteiger partial charge on any atom is -1.00 e. The average molecular weight is 535 g/mol. The van der Waals surface area contributed by atoms with Gasteiger partial charge in [0.15, 0.2) is 0 Å². The van der Waals surface area contributed by atoms with E-state index in [4.69, 9.17) is 0 Å². The zero-order valence-electron chi connectivity index (χ0n) is 16.0. The van der Waals surface area contributed by atoms with Crippen molar-refractivity contribution in [3.63, 3.8) is 0 Å². The summed E-state index contributed by atoms with van der Waals surface area (Å²) >= 11 is -1.67. The average Bonchev–Trinajstić information content (AvgIpc) is 3.22. The molecule has 1 atom stereocenters. The molecule has 0 bridgehead atoms. The number of allylic oxidation sites excluding steroid dienone is 5. The van der Waals surface area contributed by atoms with Gasteiger partial charge in [-0.2, -0.15) is 0 Å². The summed E-state index contributed by atoms with van der Waals surface area (Å²) in [5.41, 5.74) is 7.60. The third kappa shape index (κ3) is 4.64. The molecule has 4 heteroatoms. The molecular weight excluding hydrogens is 511 g/mol. The molecule has 2 aliphatic carbocycles. The van der Waals surface area contributed by atoms with Crippen LogP contribution in [0.1, 0.15) is 33.7 Å². The number of halogens is 2. The maximum absolute atomic E-state index is 2.63. The predicted octanol–water partition coefficient (Wildman–Crippen LogP) is 0.393. The van der Waals surface area contributed by atoms with Crippen molar-refractivity contribution >= 4 is 21.6 Å². The van der Waals surface area contributed by atoms with Crippen molar-refractivity contribution in [3.05, 3.63) is 92.3 Å². The van der Waals surface area contributed by atoms with Gasteiger partial charge >= 0.3 is 161 Å². The van der Waals surface area contributed by atoms with Crippen LogP contribution < -0.4 is 24.8 Å². The number of benzene rings is 2. The summed E-state index contributed by atoms with van der Waals surface area (Å²) in [6.45, 7) is 2.38. The van der Waals surface area contributed by atoms with Crippen molar-refractivity contribution in [1.82, 2.24) is 0 Å². The molecule has 27 heavy (non-hydrogen) atoms. The quantitative estimate of drug-likeness (QED) is 0.500. The van der Waals surface area contributed by atoms with Crippen LogP contribution in [0.2, 0.25) is 11.5 Å². The molecular formula is C23H24Cl2GeZr. The first-order valence-corrected chi connectivity index (χ1v) is 23.3. The summed E-state index contributed by atoms with van der Waals surface area (Å²) in [7, 11) is -0.951. The fraction of sp³-hybridized carbons (Fsp3) is 0.217. The van der Waals surface area contributed by atoms with Crippen molar-refractivity contribution < 1.29 is 43.4 Å². The molecule has 2 aromatic carbocycles. The summed E-state index contributed by atoms with van der Waals surface area (Å²) < 4.78 is 2.65. The SMILES string of the molecule is CC1=Cc2ccccc2[CH]1[Zr+2]([C]1=CC(c2ccccc2)=CC1)=[Ge]([CH3])[CH3].[Cl-].[Cl-]. The van der Waals surface area contributed by atoms with E-state index in [-0.39, 0.29) is 24.8 Å². The van der Waals surface area contributed by atoms with E-state index in [1.807, 2.05) is 3.28 Å². The Morgan fingerprint density at radius 3 is 2.26 bits per heavy atom. The molecule has 0 amide bonds. The number of rotatable bonds is 3. The van der Waals surface area contributed by atoms with E-state index >= 15 is 0 Å². The van der Waals surface area contributed by atoms with Crippen LogP contribution in [-0.4, -0.2) is 9.98 Å². The summed E-state index contributed by atoms with van der Waals surface area (Å²) in [5, 5.41) is 0. The molecule has 0 saturated carbocycles. The Hall–Kier alpha value is -0.334. The molecule has 0 aliphatic heterocycles. The summed E-state index contributed by atoms with van der Waals surface area (Å²) in [4.78, 5) is 0. The van der Waals surface area contributed by atoms with Crippen molar-refractivity contribution in [1.29, 1.82) is 0 Å². The summed E-state index contributed by atoms with van der Waals surface area (Å²) in [6.07, 6.45) is 8.73. The maximum Gasteiger partial charge on any atom is -1.00 e. The molecule has 0 fully saturated rings. The molecule has 0 radical (unpaired) electrons. The zero-order valence-corrected chi connectivity index (χ0v) is 22.0. The largest absolute Gasteiger partial charge is 1.00 e. The van der Waals surface area contributed by atoms with Crippen LogP contribution in [0, 0.1) is 0 Å². The second kappa shape index (κ2) is 9.92. The number of fused-ring (bicyclic) bond motifs is 1. The number of hydrogen-bond donors (Lipinski definition) is 0. The monoisotopic (exact) mass is 534 g/mol. The van der Waals surface area contributed by atoms with E-state index in [1.165, 1.54) is 23.1 Å². The van der Waals surface area contributed by atoms with Gasteiger partial charge in [0.1, 0.15) is 0 Å². The first-order chi connectivity index (χ1) is 12.1. The molecule has 0 N–H and O–H groups in total. The predicted molar refractivity (Wildman–Crippen MR) is 107 cm³/mol. The van der Waals surface area contributed by atoms with Gasteiger partial charge in [0.2, 0.25) is 0 Å². The van der Waals surface area contributed by atoms with Gasteiger partial charge in [0, 0.05) is 0 Å². The van der Waals surface area contributed by atoms with Crippen LogP contribution >= 0.6 is 0 Å². The van der Waals surface area contributed by atoms with E-state index in [0.717, 1.165) is 3.63 Å². The normalized spacial score (nSPS) is 16.7. The first kappa shape index (κ1) is 22.9. The summed E-state index contributed by atoms with van der Waals surface area (Å²) in [5.74, 6) is 5.26. The maximum atomic E-state index is 2.63. The molecule has 0 saturated heterocycles. The van der Waals surface area contributed by atoms with Gasteiger partial charge in [-0.3, -0.25) is 0 Å². The minimum absolute atomic E-state index is 0. The fourth-order valence-corrected chi connectivity index (χ4v) is 34.5. The molecule has 0 heterocycles. The smallest absolute Gasteiger partial charge is 1.00 e. The first-order valence-electron chi connectivity index (χ1n) is 9.06. The van der Waals surface area contributed by atoms with Gasteiger partial charge < -0.3 is 24.8 Å². The van der Waals surface area contributed by atoms with Crippen molar-refractivity contribution in [2.24, 2.45) is 0 Å². The third-order valence-corrected chi connectivity index (χ3v) is 34.7. The van der Waals surface area contributed by atoms with Crippen LogP contribution in [0.5, 0.6) is 0 Å². The summed E-state index contributed by atoms with van der Waals surface area (Å²) in [6, 6.07) is 20.0. The van der Waals surface area contributed by atoms with Crippen LogP contribution in [-0.2, 0) is 18.6 Å². The topological polar surface area (TPSA) is 0 Å². The second-order valence-corrected chi connectivity index (χ2v) is 35.9. The van der Waals surface area contributed by atoms with E-state index < -0.39 is 28.6 Å². The van der Waals surface area contributed by atoms with Gasteiger partial charge in [-0.25, -0.2) is 0 Å². The standard InChI is InChI=1S/C11H9.C10H9.C2H6Ge.2ClH.Zr/c1-2-6-10(7-3-1)11-8-4-5-9-11;1-8-6-9-4-2-3-5-10(9)7-8;1-3-2;;;/h1-3,6-9H,4H2;2-7H,1H3;1-2H3;2*1H;/q;;;;;+2/p-2. The number of hydrogen-bond acceptors (Lipinski definition) is 0. The van der Waals surface area contributed by atoms with Gasteiger partial charge in [-0.15, -0.1) is 0 Å². The van der Waals surface area contributed by atoms with Crippen molar-refractivity contribution in [3.8, 4) is 0 Å². The molecule has 0 nitrogen and oxygen atoms in total. The van der Waals surface area contributed by atoms with E-state index in [9.17, 15) is 0 Å². The van der Waals surface area contributed by atoms with Crippen LogP contribution in [0.3, 0.4) is 0 Å². The van der Waals surface area contributed by atoms with Gasteiger partial charge in [0.25, 0.3) is 0 Å². The van der Waals surface area contributed by atoms with E-state index in [0.29, 0.717) is 0 Å². The van der Waals surface area contributed by atoms with E-state index in [1.54, 1.807) is 11.1 Å². The Bertz CT molecular complexity index is 951. The Labute approximate surface area is 184 Å². The Morgan fingerprint density at radius 2 is 1.56 bits per heavy atom. The van der Waals surface area contributed by atoms with Gasteiger partial charge in [0.05, 0.1) is 0 Å². The zero-order chi connectivity index (χ0) is 17.4. The third-order valence-electron chi connectivity index (χ3n) is 5.30. The van der Waals surface area contributed by atoms with E-state index in [2.05, 4.69) is 91.3 Å². The molecule has 2 aliphatic rings. The Morgan fingerprint density at radius 1 is 0.889 bits per heavy atom. The van der Waals surface area contributed by atoms with Crippen LogP contribution in [0.15, 0.2) is 75.6 Å². The van der Waals surface area contributed by atoms with Crippen LogP contribution in [0.4, 0.5) is 0 Å². The molecule has 2 aromatic rings. The Balaban J connectivity index is 0.00000131. The molecule has 4 rings (SSSR count). The fourth-order valence-electron chi connectivity index (χ4n) is 4.20. The van der Waals surface area contributed by atoms with Gasteiger partial charge in [-0.05, 0) is 0 Å². The molecule has 0 spiro atoms. The molecule has 1 unspecified atom stereocenters. The van der Waals surface area contributed by atoms with Gasteiger partial charge in [-0.1, -0.05) is 0 Å². The van der Waals surface area contributed by atoms with Crippen molar-refractivity contribution in [2.45, 2.75) is 28.5 Å². The Kier molecular flexibility index (Phi) is 8.44. The van der Waals surface area contributed by atoms with Crippen molar-refractivity contribution in [2.75, 3.05) is 0 Å². The van der Waals surface area contributed by atoms with Crippen LogP contribution in [0.25, 0.3) is 11.6 Å². The molecule has 138 valence electrons. The molecule has 0 aromatic heterocycles. The minimum atomic E-state index is -1.67. The second-order valence-electron chi connectivity index (χ2n) is 7.26.